The van der Waals surface area contributed by atoms with Crippen LogP contribution in [-0.4, -0.2) is 11.2 Å². The van der Waals surface area contributed by atoms with Crippen LogP contribution in [0, 0.1) is 23.4 Å². The van der Waals surface area contributed by atoms with Crippen molar-refractivity contribution in [3.8, 4) is 0 Å². The van der Waals surface area contributed by atoms with E-state index in [9.17, 15) is 18.0 Å². The van der Waals surface area contributed by atoms with E-state index in [0.29, 0.717) is 21.8 Å². The summed E-state index contributed by atoms with van der Waals surface area (Å²) in [7, 11) is 0. The first kappa shape index (κ1) is 27.4. The Balaban J connectivity index is 0.00000233. The molecule has 0 spiro atoms. The van der Waals surface area contributed by atoms with Gasteiger partial charge in [0.2, 0.25) is 0 Å². The molecule has 0 saturated heterocycles. The molecule has 2 aromatic rings. The zero-order chi connectivity index (χ0) is 23.6. The fourth-order valence-electron chi connectivity index (χ4n) is 3.01. The van der Waals surface area contributed by atoms with Crippen molar-refractivity contribution in [1.82, 2.24) is 0 Å². The summed E-state index contributed by atoms with van der Waals surface area (Å²) in [5.74, 6) is -4.14. The first-order chi connectivity index (χ1) is 14.7. The van der Waals surface area contributed by atoms with E-state index in [-0.39, 0.29) is 5.69 Å². The lowest BCUT2D eigenvalue weighted by Crippen LogP contribution is -2.13. The molecule has 1 amide bonds. The Labute approximate surface area is 193 Å². The van der Waals surface area contributed by atoms with Gasteiger partial charge in [-0.1, -0.05) is 59.1 Å². The number of thioether (sulfide) groups is 1. The average Bonchev–Trinajstić information content (AvgIpc) is 2.75. The predicted molar refractivity (Wildman–Crippen MR) is 126 cm³/mol. The lowest BCUT2D eigenvalue weighted by Gasteiger charge is -2.17. The van der Waals surface area contributed by atoms with E-state index in [2.05, 4.69) is 26.1 Å². The minimum absolute atomic E-state index is 0.158. The van der Waals surface area contributed by atoms with Gasteiger partial charge in [0, 0.05) is 33.5 Å². The van der Waals surface area contributed by atoms with Crippen LogP contribution in [0.1, 0.15) is 70.7 Å². The summed E-state index contributed by atoms with van der Waals surface area (Å²) < 4.78 is 39.8. The molecule has 1 atom stereocenters. The molecule has 0 aliphatic heterocycles. The van der Waals surface area contributed by atoms with Gasteiger partial charge in [0.05, 0.1) is 5.02 Å². The summed E-state index contributed by atoms with van der Waals surface area (Å²) in [6, 6.07) is 6.29. The van der Waals surface area contributed by atoms with Crippen molar-refractivity contribution in [2.24, 2.45) is 5.92 Å². The highest BCUT2D eigenvalue weighted by Crippen LogP contribution is 2.34. The smallest absolute Gasteiger partial charge is 0.255 e. The van der Waals surface area contributed by atoms with Crippen molar-refractivity contribution in [2.75, 3.05) is 5.32 Å². The van der Waals surface area contributed by atoms with E-state index < -0.39 is 23.4 Å². The molecule has 0 aromatic heterocycles. The van der Waals surface area contributed by atoms with E-state index in [0.717, 1.165) is 42.7 Å². The van der Waals surface area contributed by atoms with Crippen LogP contribution < -0.4 is 5.32 Å². The lowest BCUT2D eigenvalue weighted by atomic mass is 9.97. The normalized spacial score (nSPS) is 11.7. The molecule has 0 aliphatic rings. The van der Waals surface area contributed by atoms with Gasteiger partial charge in [0.15, 0.2) is 17.5 Å². The summed E-state index contributed by atoms with van der Waals surface area (Å²) in [6.07, 6.45) is 4.50. The monoisotopic (exact) mass is 473 g/mol. The van der Waals surface area contributed by atoms with Crippen molar-refractivity contribution in [1.29, 1.82) is 0 Å². The van der Waals surface area contributed by atoms with E-state index in [4.69, 9.17) is 11.6 Å². The van der Waals surface area contributed by atoms with Gasteiger partial charge in [-0.2, -0.15) is 0 Å². The quantitative estimate of drug-likeness (QED) is 0.291. The molecule has 172 valence electrons. The number of anilines is 1. The fourth-order valence-corrected chi connectivity index (χ4v) is 4.32. The topological polar surface area (TPSA) is 29.1 Å². The van der Waals surface area contributed by atoms with E-state index in [1.807, 2.05) is 13.8 Å². The van der Waals surface area contributed by atoms with Gasteiger partial charge in [-0.15, -0.1) is 11.8 Å². The van der Waals surface area contributed by atoms with Crippen LogP contribution in [0.5, 0.6) is 0 Å². The third-order valence-electron chi connectivity index (χ3n) is 4.90. The van der Waals surface area contributed by atoms with Crippen LogP contribution in [0.4, 0.5) is 18.9 Å². The Morgan fingerprint density at radius 3 is 2.16 bits per heavy atom. The number of benzene rings is 2. The zero-order valence-electron chi connectivity index (χ0n) is 18.7. The Morgan fingerprint density at radius 1 is 1.03 bits per heavy atom. The predicted octanol–water partition coefficient (Wildman–Crippen LogP) is 8.73. The summed E-state index contributed by atoms with van der Waals surface area (Å²) in [6.45, 7) is 10.5. The number of amides is 1. The SMILES string of the molecule is CC.CCC(CC)CCC(C)Sc1cc(C(=O)Nc2cc(F)c(F)c(F)c2)ccc1Cl. The van der Waals surface area contributed by atoms with Gasteiger partial charge < -0.3 is 5.32 Å². The number of halogens is 4. The number of carbonyl (C=O) groups is 1. The minimum Gasteiger partial charge on any atom is -0.322 e. The fraction of sp³-hybridized carbons (Fsp3) is 0.458. The summed E-state index contributed by atoms with van der Waals surface area (Å²) >= 11 is 7.88. The third kappa shape index (κ3) is 8.41. The molecule has 1 N–H and O–H groups in total. The third-order valence-corrected chi connectivity index (χ3v) is 6.57. The maximum absolute atomic E-state index is 13.3. The number of rotatable bonds is 9. The highest BCUT2D eigenvalue weighted by molar-refractivity contribution is 8.00. The first-order valence-electron chi connectivity index (χ1n) is 10.7. The molecule has 0 radical (unpaired) electrons. The maximum atomic E-state index is 13.3. The Hall–Kier alpha value is -1.66. The van der Waals surface area contributed by atoms with Crippen molar-refractivity contribution in [2.45, 2.75) is 70.4 Å². The lowest BCUT2D eigenvalue weighted by molar-refractivity contribution is 0.102. The Kier molecular flexibility index (Phi) is 12.1. The van der Waals surface area contributed by atoms with Crippen molar-refractivity contribution in [3.05, 3.63) is 58.4 Å². The maximum Gasteiger partial charge on any atom is 0.255 e. The summed E-state index contributed by atoms with van der Waals surface area (Å²) in [5.41, 5.74) is 0.142. The molecule has 0 bridgehead atoms. The zero-order valence-corrected chi connectivity index (χ0v) is 20.3. The van der Waals surface area contributed by atoms with Gasteiger partial charge >= 0.3 is 0 Å². The van der Waals surface area contributed by atoms with Crippen LogP contribution in [-0.2, 0) is 0 Å². The van der Waals surface area contributed by atoms with Gasteiger partial charge in [-0.3, -0.25) is 4.79 Å². The van der Waals surface area contributed by atoms with Crippen molar-refractivity contribution < 1.29 is 18.0 Å². The van der Waals surface area contributed by atoms with Crippen LogP contribution in [0.3, 0.4) is 0 Å². The number of nitrogens with one attached hydrogen (secondary N) is 1. The molecule has 0 aliphatic carbocycles. The van der Waals surface area contributed by atoms with Gasteiger partial charge in [-0.25, -0.2) is 13.2 Å². The molecular formula is C24H31ClF3NOS. The molecular weight excluding hydrogens is 443 g/mol. The number of hydrogen-bond donors (Lipinski definition) is 1. The van der Waals surface area contributed by atoms with E-state index in [1.165, 1.54) is 6.07 Å². The molecule has 2 rings (SSSR count). The molecule has 1 unspecified atom stereocenters. The summed E-state index contributed by atoms with van der Waals surface area (Å²) in [4.78, 5) is 13.2. The number of hydrogen-bond acceptors (Lipinski definition) is 2. The Morgan fingerprint density at radius 2 is 1.61 bits per heavy atom. The molecule has 2 aromatic carbocycles. The second-order valence-corrected chi connectivity index (χ2v) is 8.93. The van der Waals surface area contributed by atoms with Gasteiger partial charge in [0.25, 0.3) is 5.91 Å². The largest absolute Gasteiger partial charge is 0.322 e. The second-order valence-electron chi connectivity index (χ2n) is 7.04. The Bertz CT molecular complexity index is 836. The van der Waals surface area contributed by atoms with Crippen molar-refractivity contribution >= 4 is 35.0 Å². The molecule has 0 saturated carbocycles. The van der Waals surface area contributed by atoms with Crippen molar-refractivity contribution in [3.63, 3.8) is 0 Å². The average molecular weight is 474 g/mol. The first-order valence-corrected chi connectivity index (χ1v) is 11.9. The molecule has 31 heavy (non-hydrogen) atoms. The van der Waals surface area contributed by atoms with Crippen LogP contribution in [0.25, 0.3) is 0 Å². The minimum atomic E-state index is -1.57. The van der Waals surface area contributed by atoms with Gasteiger partial charge in [-0.05, 0) is 37.0 Å². The molecule has 7 heteroatoms. The molecule has 0 fully saturated rings. The molecule has 0 heterocycles. The van der Waals surface area contributed by atoms with Gasteiger partial charge in [0.1, 0.15) is 0 Å². The highest BCUT2D eigenvalue weighted by Gasteiger charge is 2.16. The van der Waals surface area contributed by atoms with Crippen LogP contribution in [0.15, 0.2) is 35.2 Å². The van der Waals surface area contributed by atoms with Crippen LogP contribution >= 0.6 is 23.4 Å². The molecule has 2 nitrogen and oxygen atoms in total. The summed E-state index contributed by atoms with van der Waals surface area (Å²) in [5, 5.41) is 3.25. The van der Waals surface area contributed by atoms with Crippen LogP contribution in [0.2, 0.25) is 5.02 Å². The number of carbonyl (C=O) groups excluding carboxylic acids is 1. The van der Waals surface area contributed by atoms with E-state index >= 15 is 0 Å². The standard InChI is InChI=1S/C22H25ClF3NOS.C2H6/c1-4-14(5-2)7-6-13(3)29-20-10-15(8-9-17(20)23)22(28)27-16-11-18(24)21(26)19(25)12-16;1-2/h8-14H,4-7H2,1-3H3,(H,27,28);1-2H3. The second kappa shape index (κ2) is 13.7. The highest BCUT2D eigenvalue weighted by atomic mass is 35.5. The van der Waals surface area contributed by atoms with E-state index in [1.54, 1.807) is 23.9 Å².